The van der Waals surface area contributed by atoms with Crippen LogP contribution in [0.15, 0.2) is 4.99 Å². The summed E-state index contributed by atoms with van der Waals surface area (Å²) < 4.78 is 11.5. The Morgan fingerprint density at radius 3 is 2.14 bits per heavy atom. The first kappa shape index (κ1) is 13.1. The van der Waals surface area contributed by atoms with Crippen LogP contribution in [0.3, 0.4) is 0 Å². The van der Waals surface area contributed by atoms with Gasteiger partial charge in [-0.2, -0.15) is 10.5 Å². The molecule has 3 fully saturated rings. The molecule has 0 aromatic heterocycles. The topological polar surface area (TPSA) is 104 Å². The van der Waals surface area contributed by atoms with Gasteiger partial charge in [0.2, 0.25) is 0 Å². The summed E-state index contributed by atoms with van der Waals surface area (Å²) in [4.78, 5) is 4.32. The van der Waals surface area contributed by atoms with Gasteiger partial charge < -0.3 is 15.2 Å². The molecule has 2 spiro atoms. The summed E-state index contributed by atoms with van der Waals surface area (Å²) in [5, 5.41) is 19.9. The summed E-state index contributed by atoms with van der Waals surface area (Å²) in [7, 11) is 0. The minimum Gasteiger partial charge on any atom is -0.386 e. The van der Waals surface area contributed by atoms with Gasteiger partial charge in [-0.1, -0.05) is 25.7 Å². The number of hydrogen-bond donors (Lipinski definition) is 1. The zero-order chi connectivity index (χ0) is 14.8. The van der Waals surface area contributed by atoms with E-state index < -0.39 is 22.2 Å². The third-order valence-corrected chi connectivity index (χ3v) is 6.03. The van der Waals surface area contributed by atoms with Crippen molar-refractivity contribution in [3.05, 3.63) is 0 Å². The molecular formula is C15H18N4O2. The van der Waals surface area contributed by atoms with E-state index in [1.54, 1.807) is 0 Å². The molecular weight excluding hydrogens is 268 g/mol. The molecule has 6 heteroatoms. The van der Waals surface area contributed by atoms with Crippen LogP contribution in [0, 0.1) is 38.9 Å². The van der Waals surface area contributed by atoms with Crippen LogP contribution < -0.4 is 5.73 Å². The van der Waals surface area contributed by atoms with Crippen LogP contribution in [-0.2, 0) is 9.47 Å². The van der Waals surface area contributed by atoms with Crippen molar-refractivity contribution in [3.63, 3.8) is 0 Å². The average molecular weight is 286 g/mol. The van der Waals surface area contributed by atoms with E-state index in [2.05, 4.69) is 17.1 Å². The van der Waals surface area contributed by atoms with Crippen LogP contribution in [0.4, 0.5) is 0 Å². The monoisotopic (exact) mass is 286 g/mol. The van der Waals surface area contributed by atoms with E-state index in [-0.39, 0.29) is 5.84 Å². The van der Waals surface area contributed by atoms with Crippen LogP contribution in [0.1, 0.15) is 38.5 Å². The second-order valence-electron chi connectivity index (χ2n) is 6.50. The summed E-state index contributed by atoms with van der Waals surface area (Å²) in [5.74, 6) is -1.12. The van der Waals surface area contributed by atoms with Gasteiger partial charge in [-0.15, -0.1) is 0 Å². The minimum atomic E-state index is -1.36. The Morgan fingerprint density at radius 2 is 1.62 bits per heavy atom. The third kappa shape index (κ3) is 1.02. The van der Waals surface area contributed by atoms with Crippen molar-refractivity contribution >= 4 is 5.84 Å². The molecule has 0 bridgehead atoms. The molecule has 21 heavy (non-hydrogen) atoms. The van der Waals surface area contributed by atoms with Gasteiger partial charge in [0, 0.05) is 5.41 Å². The lowest BCUT2D eigenvalue weighted by molar-refractivity contribution is -0.192. The number of hydrogen-bond acceptors (Lipinski definition) is 6. The number of nitriles is 2. The predicted molar refractivity (Wildman–Crippen MR) is 72.5 cm³/mol. The maximum Gasteiger partial charge on any atom is 0.293 e. The summed E-state index contributed by atoms with van der Waals surface area (Å²) in [5.41, 5.74) is 3.58. The molecule has 2 N–H and O–H groups in total. The van der Waals surface area contributed by atoms with E-state index in [9.17, 15) is 10.5 Å². The molecule has 110 valence electrons. The molecule has 0 amide bonds. The molecule has 0 radical (unpaired) electrons. The van der Waals surface area contributed by atoms with Gasteiger partial charge in [0.1, 0.15) is 11.3 Å². The number of amidine groups is 1. The maximum absolute atomic E-state index is 10.0. The summed E-state index contributed by atoms with van der Waals surface area (Å²) in [6, 6.07) is 4.75. The Labute approximate surface area is 123 Å². The largest absolute Gasteiger partial charge is 0.386 e. The van der Waals surface area contributed by atoms with Crippen molar-refractivity contribution in [1.82, 2.24) is 0 Å². The van der Waals surface area contributed by atoms with E-state index in [4.69, 9.17) is 15.2 Å². The zero-order valence-corrected chi connectivity index (χ0v) is 11.9. The van der Waals surface area contributed by atoms with Gasteiger partial charge in [0.25, 0.3) is 5.91 Å². The molecule has 2 atom stereocenters. The van der Waals surface area contributed by atoms with Crippen LogP contribution >= 0.6 is 0 Å². The molecule has 2 aliphatic carbocycles. The van der Waals surface area contributed by atoms with E-state index in [1.807, 2.05) is 0 Å². The van der Waals surface area contributed by atoms with E-state index in [0.717, 1.165) is 38.5 Å². The molecule has 2 saturated carbocycles. The summed E-state index contributed by atoms with van der Waals surface area (Å²) in [6.45, 7) is 0.773. The first-order valence-corrected chi connectivity index (χ1v) is 7.63. The Bertz CT molecular complexity index is 602. The number of aliphatic imine (C=N–C) groups is 1. The number of ether oxygens (including phenoxy) is 2. The molecule has 0 aromatic rings. The van der Waals surface area contributed by atoms with Crippen molar-refractivity contribution in [1.29, 1.82) is 10.5 Å². The summed E-state index contributed by atoms with van der Waals surface area (Å²) >= 11 is 0. The third-order valence-electron chi connectivity index (χ3n) is 6.03. The van der Waals surface area contributed by atoms with Crippen molar-refractivity contribution < 1.29 is 9.47 Å². The highest BCUT2D eigenvalue weighted by Crippen LogP contribution is 2.88. The van der Waals surface area contributed by atoms with Gasteiger partial charge in [-0.05, 0) is 12.8 Å². The van der Waals surface area contributed by atoms with Crippen LogP contribution in [0.5, 0.6) is 0 Å². The second kappa shape index (κ2) is 3.76. The Morgan fingerprint density at radius 1 is 1.00 bits per heavy atom. The fourth-order valence-electron chi connectivity index (χ4n) is 5.27. The fourth-order valence-corrected chi connectivity index (χ4v) is 5.27. The quantitative estimate of drug-likeness (QED) is 0.725. The Balaban J connectivity index is 1.93. The van der Waals surface area contributed by atoms with E-state index >= 15 is 0 Å². The SMILES string of the molecule is N#C[C@]12C3(N=C(N)[C@@]1(C#N)C21CCCCCC1)OCCO3. The second-order valence-corrected chi connectivity index (χ2v) is 6.50. The average Bonchev–Trinajstić information content (AvgIpc) is 2.72. The van der Waals surface area contributed by atoms with Crippen LogP contribution in [0.25, 0.3) is 0 Å². The molecule has 0 unspecified atom stereocenters. The van der Waals surface area contributed by atoms with E-state index in [0.29, 0.717) is 13.2 Å². The highest BCUT2D eigenvalue weighted by molar-refractivity contribution is 6.00. The smallest absolute Gasteiger partial charge is 0.293 e. The van der Waals surface area contributed by atoms with Gasteiger partial charge in [-0.25, -0.2) is 4.99 Å². The van der Waals surface area contributed by atoms with Crippen LogP contribution in [0.2, 0.25) is 0 Å². The molecule has 4 rings (SSSR count). The molecule has 4 aliphatic rings. The number of rotatable bonds is 0. The predicted octanol–water partition coefficient (Wildman–Crippen LogP) is 1.43. The van der Waals surface area contributed by atoms with Gasteiger partial charge >= 0.3 is 0 Å². The van der Waals surface area contributed by atoms with Crippen molar-refractivity contribution in [2.75, 3.05) is 13.2 Å². The highest BCUT2D eigenvalue weighted by atomic mass is 16.8. The van der Waals surface area contributed by atoms with Crippen LogP contribution in [-0.4, -0.2) is 25.0 Å². The normalized spacial score (nSPS) is 41.9. The molecule has 2 aliphatic heterocycles. The minimum absolute atomic E-state index is 0.232. The maximum atomic E-state index is 10.0. The van der Waals surface area contributed by atoms with Crippen molar-refractivity contribution in [2.45, 2.75) is 44.4 Å². The van der Waals surface area contributed by atoms with Gasteiger partial charge in [0.05, 0.1) is 25.4 Å². The lowest BCUT2D eigenvalue weighted by Crippen LogP contribution is -2.41. The Hall–Kier alpha value is -1.63. The number of nitrogens with two attached hydrogens (primary N) is 1. The first-order chi connectivity index (χ1) is 10.2. The summed E-state index contributed by atoms with van der Waals surface area (Å²) in [6.07, 6.45) is 5.93. The van der Waals surface area contributed by atoms with Gasteiger partial charge in [-0.3, -0.25) is 0 Å². The van der Waals surface area contributed by atoms with Crippen molar-refractivity contribution in [3.8, 4) is 12.1 Å². The lowest BCUT2D eigenvalue weighted by atomic mass is 9.83. The highest BCUT2D eigenvalue weighted by Gasteiger charge is 3.00. The number of nitrogens with zero attached hydrogens (tertiary/aromatic N) is 3. The first-order valence-electron chi connectivity index (χ1n) is 7.63. The fraction of sp³-hybridized carbons (Fsp3) is 0.800. The van der Waals surface area contributed by atoms with E-state index in [1.165, 1.54) is 0 Å². The standard InChI is InChI=1S/C15H18N4O2/c16-9-13-11(18)19-15(20-7-8-21-15)14(13,10-17)12(13)5-3-1-2-4-6-12/h1-8H2,(H2,18,19)/t13-,14+/m0/s1. The lowest BCUT2D eigenvalue weighted by Gasteiger charge is -2.30. The Kier molecular flexibility index (Phi) is 2.34. The van der Waals surface area contributed by atoms with Gasteiger partial charge in [0.15, 0.2) is 5.41 Å². The molecule has 2 heterocycles. The zero-order valence-electron chi connectivity index (χ0n) is 11.9. The van der Waals surface area contributed by atoms with Crippen molar-refractivity contribution in [2.24, 2.45) is 27.0 Å². The molecule has 1 saturated heterocycles. The number of fused-ring (bicyclic) bond motifs is 4. The molecule has 0 aromatic carbocycles. The molecule has 6 nitrogen and oxygen atoms in total.